The first-order chi connectivity index (χ1) is 12.8. The monoisotopic (exact) mass is 409 g/mol. The zero-order valence-corrected chi connectivity index (χ0v) is 19.2. The SMILES string of the molecule is C[C@@H](CO[Si](C)(C)C(C)(C)C)C[C@@H](C(=O)O)N(C)C(=O)OCc1ccccc1. The van der Waals surface area contributed by atoms with Gasteiger partial charge in [0.15, 0.2) is 8.32 Å². The molecule has 6 nitrogen and oxygen atoms in total. The maximum absolute atomic E-state index is 12.3. The van der Waals surface area contributed by atoms with Crippen molar-refractivity contribution in [2.24, 2.45) is 5.92 Å². The van der Waals surface area contributed by atoms with Crippen molar-refractivity contribution < 1.29 is 23.9 Å². The highest BCUT2D eigenvalue weighted by Gasteiger charge is 2.38. The van der Waals surface area contributed by atoms with Gasteiger partial charge in [-0.25, -0.2) is 9.59 Å². The average molecular weight is 410 g/mol. The molecule has 0 aliphatic rings. The minimum Gasteiger partial charge on any atom is -0.480 e. The molecule has 0 fully saturated rings. The van der Waals surface area contributed by atoms with Gasteiger partial charge in [0.25, 0.3) is 0 Å². The summed E-state index contributed by atoms with van der Waals surface area (Å²) < 4.78 is 11.5. The Bertz CT molecular complexity index is 642. The Morgan fingerprint density at radius 1 is 1.18 bits per heavy atom. The van der Waals surface area contributed by atoms with Crippen LogP contribution in [0.1, 0.15) is 39.7 Å². The van der Waals surface area contributed by atoms with Gasteiger partial charge in [-0.3, -0.25) is 4.90 Å². The number of ether oxygens (including phenoxy) is 1. The maximum Gasteiger partial charge on any atom is 0.410 e. The number of rotatable bonds is 9. The zero-order chi connectivity index (χ0) is 21.5. The number of carboxylic acids is 1. The van der Waals surface area contributed by atoms with Gasteiger partial charge in [0.05, 0.1) is 0 Å². The van der Waals surface area contributed by atoms with Crippen LogP contribution < -0.4 is 0 Å². The molecule has 0 aliphatic carbocycles. The van der Waals surface area contributed by atoms with Crippen molar-refractivity contribution in [3.63, 3.8) is 0 Å². The Morgan fingerprint density at radius 2 is 1.75 bits per heavy atom. The van der Waals surface area contributed by atoms with E-state index < -0.39 is 26.4 Å². The summed E-state index contributed by atoms with van der Waals surface area (Å²) in [6.07, 6.45) is -0.338. The molecule has 1 aromatic rings. The number of benzene rings is 1. The first-order valence-corrected chi connectivity index (χ1v) is 12.6. The predicted octanol–water partition coefficient (Wildman–Crippen LogP) is 4.76. The van der Waals surface area contributed by atoms with E-state index in [4.69, 9.17) is 9.16 Å². The van der Waals surface area contributed by atoms with Crippen LogP contribution in [0, 0.1) is 5.92 Å². The van der Waals surface area contributed by atoms with Gasteiger partial charge < -0.3 is 14.3 Å². The third kappa shape index (κ3) is 7.28. The lowest BCUT2D eigenvalue weighted by molar-refractivity contribution is -0.143. The summed E-state index contributed by atoms with van der Waals surface area (Å²) in [5, 5.41) is 9.70. The fraction of sp³-hybridized carbons (Fsp3) is 0.619. The second kappa shape index (κ2) is 10.1. The quantitative estimate of drug-likeness (QED) is 0.595. The van der Waals surface area contributed by atoms with Crippen molar-refractivity contribution in [1.29, 1.82) is 0 Å². The minimum atomic E-state index is -1.90. The molecule has 0 saturated carbocycles. The van der Waals surface area contributed by atoms with Crippen molar-refractivity contribution in [1.82, 2.24) is 4.90 Å². The molecule has 2 atom stereocenters. The van der Waals surface area contributed by atoms with E-state index in [1.165, 1.54) is 7.05 Å². The van der Waals surface area contributed by atoms with Crippen LogP contribution in [0.15, 0.2) is 30.3 Å². The fourth-order valence-electron chi connectivity index (χ4n) is 2.39. The molecule has 0 aliphatic heterocycles. The predicted molar refractivity (Wildman–Crippen MR) is 113 cm³/mol. The Balaban J connectivity index is 2.63. The molecule has 158 valence electrons. The van der Waals surface area contributed by atoms with Crippen LogP contribution in [-0.2, 0) is 20.6 Å². The van der Waals surface area contributed by atoms with Gasteiger partial charge in [-0.15, -0.1) is 0 Å². The topological polar surface area (TPSA) is 76.1 Å². The third-order valence-electron chi connectivity index (χ3n) is 5.41. The molecule has 0 heterocycles. The van der Waals surface area contributed by atoms with Gasteiger partial charge in [0, 0.05) is 13.7 Å². The van der Waals surface area contributed by atoms with E-state index in [1.54, 1.807) is 0 Å². The number of carboxylic acid groups (broad SMARTS) is 1. The molecule has 1 aromatic carbocycles. The zero-order valence-electron chi connectivity index (χ0n) is 18.2. The lowest BCUT2D eigenvalue weighted by Gasteiger charge is -2.37. The molecule has 7 heteroatoms. The van der Waals surface area contributed by atoms with E-state index >= 15 is 0 Å². The summed E-state index contributed by atoms with van der Waals surface area (Å²) in [6.45, 7) is 13.4. The van der Waals surface area contributed by atoms with Crippen LogP contribution in [0.5, 0.6) is 0 Å². The molecule has 0 saturated heterocycles. The highest BCUT2D eigenvalue weighted by Crippen LogP contribution is 2.37. The lowest BCUT2D eigenvalue weighted by Crippen LogP contribution is -2.45. The van der Waals surface area contributed by atoms with Crippen LogP contribution in [0.3, 0.4) is 0 Å². The van der Waals surface area contributed by atoms with Gasteiger partial charge in [0.2, 0.25) is 0 Å². The normalized spacial score (nSPS) is 14.2. The van der Waals surface area contributed by atoms with Crippen molar-refractivity contribution >= 4 is 20.4 Å². The second-order valence-electron chi connectivity index (χ2n) is 8.92. The first-order valence-electron chi connectivity index (χ1n) is 9.65. The summed E-state index contributed by atoms with van der Waals surface area (Å²) in [5.41, 5.74) is 0.854. The molecule has 0 radical (unpaired) electrons. The van der Waals surface area contributed by atoms with Crippen molar-refractivity contribution in [2.75, 3.05) is 13.7 Å². The second-order valence-corrected chi connectivity index (χ2v) is 13.7. The molecular weight excluding hydrogens is 374 g/mol. The highest BCUT2D eigenvalue weighted by atomic mass is 28.4. The first kappa shape index (κ1) is 24.2. The van der Waals surface area contributed by atoms with Crippen LogP contribution in [-0.4, -0.2) is 50.1 Å². The molecular formula is C21H35NO5Si. The molecule has 0 unspecified atom stereocenters. The summed E-state index contributed by atoms with van der Waals surface area (Å²) in [4.78, 5) is 25.2. The molecule has 0 spiro atoms. The number of carbonyl (C=O) groups excluding carboxylic acids is 1. The molecule has 1 rings (SSSR count). The Labute approximate surface area is 170 Å². The number of hydrogen-bond donors (Lipinski definition) is 1. The molecule has 1 N–H and O–H groups in total. The summed E-state index contributed by atoms with van der Waals surface area (Å²) in [7, 11) is -0.432. The van der Waals surface area contributed by atoms with Crippen LogP contribution >= 0.6 is 0 Å². The van der Waals surface area contributed by atoms with Gasteiger partial charge in [-0.05, 0) is 36.0 Å². The van der Waals surface area contributed by atoms with Crippen molar-refractivity contribution in [3.05, 3.63) is 35.9 Å². The third-order valence-corrected chi connectivity index (χ3v) is 9.91. The van der Waals surface area contributed by atoms with E-state index in [9.17, 15) is 14.7 Å². The number of aliphatic carboxylic acids is 1. The number of likely N-dealkylation sites (N-methyl/N-ethyl adjacent to an activating group) is 1. The highest BCUT2D eigenvalue weighted by molar-refractivity contribution is 6.74. The van der Waals surface area contributed by atoms with E-state index in [-0.39, 0.29) is 17.6 Å². The smallest absolute Gasteiger partial charge is 0.410 e. The van der Waals surface area contributed by atoms with Gasteiger partial charge in [-0.1, -0.05) is 58.0 Å². The number of carbonyl (C=O) groups is 2. The van der Waals surface area contributed by atoms with E-state index in [1.807, 2.05) is 37.3 Å². The Hall–Kier alpha value is -1.86. The van der Waals surface area contributed by atoms with Gasteiger partial charge >= 0.3 is 12.1 Å². The molecule has 0 bridgehead atoms. The number of nitrogens with zero attached hydrogens (tertiary/aromatic N) is 1. The van der Waals surface area contributed by atoms with Gasteiger partial charge in [-0.2, -0.15) is 0 Å². The average Bonchev–Trinajstić information content (AvgIpc) is 2.61. The van der Waals surface area contributed by atoms with Crippen LogP contribution in [0.4, 0.5) is 4.79 Å². The molecule has 0 aromatic heterocycles. The lowest BCUT2D eigenvalue weighted by atomic mass is 10.0. The number of hydrogen-bond acceptors (Lipinski definition) is 4. The van der Waals surface area contributed by atoms with Crippen molar-refractivity contribution in [2.45, 2.75) is 64.9 Å². The van der Waals surface area contributed by atoms with Crippen LogP contribution in [0.25, 0.3) is 0 Å². The summed E-state index contributed by atoms with van der Waals surface area (Å²) in [6, 6.07) is 8.34. The van der Waals surface area contributed by atoms with Gasteiger partial charge in [0.1, 0.15) is 12.6 Å². The Kier molecular flexibility index (Phi) is 8.69. The standard InChI is InChI=1S/C21H35NO5Si/c1-16(14-27-28(6,7)21(2,3)4)13-18(19(23)24)22(5)20(25)26-15-17-11-9-8-10-12-17/h8-12,16,18H,13-15H2,1-7H3,(H,23,24)/t16-,18+/m1/s1. The fourth-order valence-corrected chi connectivity index (χ4v) is 3.52. The van der Waals surface area contributed by atoms with Crippen molar-refractivity contribution in [3.8, 4) is 0 Å². The molecule has 1 amide bonds. The van der Waals surface area contributed by atoms with Crippen LogP contribution in [0.2, 0.25) is 18.1 Å². The largest absolute Gasteiger partial charge is 0.480 e. The maximum atomic E-state index is 12.3. The molecule has 28 heavy (non-hydrogen) atoms. The van der Waals surface area contributed by atoms with E-state index in [0.29, 0.717) is 13.0 Å². The minimum absolute atomic E-state index is 0.000372. The Morgan fingerprint density at radius 3 is 2.25 bits per heavy atom. The van der Waals surface area contributed by atoms with E-state index in [0.717, 1.165) is 10.5 Å². The summed E-state index contributed by atoms with van der Waals surface area (Å²) in [5.74, 6) is -1.04. The van der Waals surface area contributed by atoms with E-state index in [2.05, 4.69) is 33.9 Å². The summed E-state index contributed by atoms with van der Waals surface area (Å²) >= 11 is 0. The number of amides is 1.